The van der Waals surface area contributed by atoms with E-state index in [-0.39, 0.29) is 11.9 Å². The van der Waals surface area contributed by atoms with Crippen molar-refractivity contribution in [2.45, 2.75) is 46.6 Å². The number of rotatable bonds is 7. The Labute approximate surface area is 137 Å². The number of nitrogens with one attached hydrogen (secondary N) is 1. The first-order valence-electron chi connectivity index (χ1n) is 8.11. The Morgan fingerprint density at radius 1 is 1.30 bits per heavy atom. The fraction of sp³-hybridized carbons (Fsp3) is 0.444. The highest BCUT2D eigenvalue weighted by atomic mass is 16.5. The molecule has 23 heavy (non-hydrogen) atoms. The Balaban J connectivity index is 2.03. The first-order valence-corrected chi connectivity index (χ1v) is 8.11. The van der Waals surface area contributed by atoms with Crippen molar-refractivity contribution in [1.82, 2.24) is 9.78 Å². The molecule has 0 aliphatic carbocycles. The second-order valence-electron chi connectivity index (χ2n) is 5.89. The predicted octanol–water partition coefficient (Wildman–Crippen LogP) is 4.20. The molecular formula is C18H25N3O2. The van der Waals surface area contributed by atoms with Crippen LogP contribution >= 0.6 is 0 Å². The molecule has 124 valence electrons. The zero-order valence-corrected chi connectivity index (χ0v) is 14.3. The molecule has 0 saturated carbocycles. The molecule has 2 aromatic rings. The number of amides is 1. The number of carbonyl (C=O) groups excluding carboxylic acids is 1. The molecule has 0 spiro atoms. The van der Waals surface area contributed by atoms with E-state index in [1.54, 1.807) is 12.1 Å². The molecule has 0 fully saturated rings. The van der Waals surface area contributed by atoms with Gasteiger partial charge >= 0.3 is 0 Å². The summed E-state index contributed by atoms with van der Waals surface area (Å²) in [5.41, 5.74) is 1.48. The normalized spacial score (nSPS) is 10.8. The highest BCUT2D eigenvalue weighted by Crippen LogP contribution is 2.18. The number of hydrogen-bond donors (Lipinski definition) is 1. The van der Waals surface area contributed by atoms with Crippen molar-refractivity contribution < 1.29 is 9.53 Å². The lowest BCUT2D eigenvalue weighted by Gasteiger charge is -2.12. The van der Waals surface area contributed by atoms with Crippen LogP contribution in [0.3, 0.4) is 0 Å². The minimum absolute atomic E-state index is 0.146. The van der Waals surface area contributed by atoms with E-state index in [2.05, 4.69) is 17.3 Å². The fourth-order valence-corrected chi connectivity index (χ4v) is 2.23. The molecule has 5 nitrogen and oxygen atoms in total. The Kier molecular flexibility index (Phi) is 5.79. The number of hydrogen-bond acceptors (Lipinski definition) is 3. The Bertz CT molecular complexity index is 645. The minimum atomic E-state index is -0.146. The molecular weight excluding hydrogens is 290 g/mol. The molecule has 0 bridgehead atoms. The summed E-state index contributed by atoms with van der Waals surface area (Å²) in [7, 11) is 0. The van der Waals surface area contributed by atoms with Crippen LogP contribution in [0.25, 0.3) is 0 Å². The van der Waals surface area contributed by atoms with Crippen molar-refractivity contribution in [1.29, 1.82) is 0 Å². The number of unbranched alkanes of at least 4 members (excludes halogenated alkanes) is 1. The lowest BCUT2D eigenvalue weighted by molar-refractivity contribution is 0.102. The topological polar surface area (TPSA) is 56.1 Å². The summed E-state index contributed by atoms with van der Waals surface area (Å²) in [5.74, 6) is 1.36. The lowest BCUT2D eigenvalue weighted by atomic mass is 10.2. The SMILES string of the molecule is CCCCOc1ccc(C(=O)Nc2cc(C)nn2C(C)C)cc1. The number of carbonyl (C=O) groups is 1. The van der Waals surface area contributed by atoms with Crippen molar-refractivity contribution in [3.8, 4) is 5.75 Å². The predicted molar refractivity (Wildman–Crippen MR) is 92.1 cm³/mol. The summed E-state index contributed by atoms with van der Waals surface area (Å²) in [4.78, 5) is 12.4. The summed E-state index contributed by atoms with van der Waals surface area (Å²) >= 11 is 0. The lowest BCUT2D eigenvalue weighted by Crippen LogP contribution is -2.16. The molecule has 0 unspecified atom stereocenters. The maximum absolute atomic E-state index is 12.4. The Hall–Kier alpha value is -2.30. The molecule has 0 radical (unpaired) electrons. The van der Waals surface area contributed by atoms with Crippen molar-refractivity contribution in [3.05, 3.63) is 41.6 Å². The quantitative estimate of drug-likeness (QED) is 0.779. The number of anilines is 1. The average Bonchev–Trinajstić information content (AvgIpc) is 2.89. The van der Waals surface area contributed by atoms with Gasteiger partial charge in [-0.1, -0.05) is 13.3 Å². The number of nitrogens with zero attached hydrogens (tertiary/aromatic N) is 2. The van der Waals surface area contributed by atoms with Crippen LogP contribution in [-0.2, 0) is 0 Å². The molecule has 2 rings (SSSR count). The van der Waals surface area contributed by atoms with Crippen LogP contribution in [0.5, 0.6) is 5.75 Å². The molecule has 1 heterocycles. The van der Waals surface area contributed by atoms with Gasteiger partial charge in [0.15, 0.2) is 0 Å². The molecule has 0 atom stereocenters. The standard InChI is InChI=1S/C18H25N3O2/c1-5-6-11-23-16-9-7-15(8-10-16)18(22)19-17-12-14(4)20-21(17)13(2)3/h7-10,12-13H,5-6,11H2,1-4H3,(H,19,22). The number of aromatic nitrogens is 2. The van der Waals surface area contributed by atoms with Crippen LogP contribution < -0.4 is 10.1 Å². The molecule has 1 aromatic carbocycles. The van der Waals surface area contributed by atoms with Crippen molar-refractivity contribution in [2.75, 3.05) is 11.9 Å². The van der Waals surface area contributed by atoms with E-state index in [1.165, 1.54) is 0 Å². The average molecular weight is 315 g/mol. The first kappa shape index (κ1) is 17.1. The van der Waals surface area contributed by atoms with Crippen LogP contribution in [0.15, 0.2) is 30.3 Å². The third kappa shape index (κ3) is 4.58. The third-order valence-corrected chi connectivity index (χ3v) is 3.47. The van der Waals surface area contributed by atoms with Gasteiger partial charge in [-0.3, -0.25) is 4.79 Å². The molecule has 0 aliphatic rings. The van der Waals surface area contributed by atoms with Crippen LogP contribution in [-0.4, -0.2) is 22.3 Å². The van der Waals surface area contributed by atoms with Crippen LogP contribution in [0.4, 0.5) is 5.82 Å². The summed E-state index contributed by atoms with van der Waals surface area (Å²) in [6.45, 7) is 8.81. The molecule has 1 amide bonds. The molecule has 1 aromatic heterocycles. The van der Waals surface area contributed by atoms with E-state index >= 15 is 0 Å². The van der Waals surface area contributed by atoms with E-state index in [9.17, 15) is 4.79 Å². The van der Waals surface area contributed by atoms with E-state index in [4.69, 9.17) is 4.74 Å². The molecule has 1 N–H and O–H groups in total. The van der Waals surface area contributed by atoms with E-state index in [0.717, 1.165) is 24.3 Å². The van der Waals surface area contributed by atoms with Crippen LogP contribution in [0, 0.1) is 6.92 Å². The first-order chi connectivity index (χ1) is 11.0. The van der Waals surface area contributed by atoms with Gasteiger partial charge in [0.2, 0.25) is 0 Å². The molecule has 5 heteroatoms. The maximum atomic E-state index is 12.4. The summed E-state index contributed by atoms with van der Waals surface area (Å²) in [6, 6.07) is 9.28. The highest BCUT2D eigenvalue weighted by Gasteiger charge is 2.13. The largest absolute Gasteiger partial charge is 0.494 e. The number of benzene rings is 1. The van der Waals surface area contributed by atoms with Crippen molar-refractivity contribution >= 4 is 11.7 Å². The van der Waals surface area contributed by atoms with Gasteiger partial charge in [0, 0.05) is 17.7 Å². The number of aryl methyl sites for hydroxylation is 1. The monoisotopic (exact) mass is 315 g/mol. The minimum Gasteiger partial charge on any atom is -0.494 e. The summed E-state index contributed by atoms with van der Waals surface area (Å²) in [5, 5.41) is 7.32. The van der Waals surface area contributed by atoms with Gasteiger partial charge in [0.1, 0.15) is 11.6 Å². The maximum Gasteiger partial charge on any atom is 0.256 e. The number of ether oxygens (including phenoxy) is 1. The summed E-state index contributed by atoms with van der Waals surface area (Å²) in [6.07, 6.45) is 2.13. The van der Waals surface area contributed by atoms with Gasteiger partial charge in [-0.25, -0.2) is 4.68 Å². The molecule has 0 aliphatic heterocycles. The van der Waals surface area contributed by atoms with Crippen molar-refractivity contribution in [2.24, 2.45) is 0 Å². The summed E-state index contributed by atoms with van der Waals surface area (Å²) < 4.78 is 7.42. The zero-order valence-electron chi connectivity index (χ0n) is 14.3. The zero-order chi connectivity index (χ0) is 16.8. The van der Waals surface area contributed by atoms with E-state index in [1.807, 2.05) is 43.7 Å². The van der Waals surface area contributed by atoms with E-state index in [0.29, 0.717) is 18.0 Å². The second kappa shape index (κ2) is 7.81. The van der Waals surface area contributed by atoms with Crippen LogP contribution in [0.2, 0.25) is 0 Å². The highest BCUT2D eigenvalue weighted by molar-refractivity contribution is 6.03. The van der Waals surface area contributed by atoms with Gasteiger partial charge in [0.25, 0.3) is 5.91 Å². The Morgan fingerprint density at radius 3 is 2.61 bits per heavy atom. The van der Waals surface area contributed by atoms with Gasteiger partial charge in [-0.2, -0.15) is 5.10 Å². The van der Waals surface area contributed by atoms with Gasteiger partial charge in [-0.05, 0) is 51.5 Å². The fourth-order valence-electron chi connectivity index (χ4n) is 2.23. The van der Waals surface area contributed by atoms with Gasteiger partial charge < -0.3 is 10.1 Å². The molecule has 0 saturated heterocycles. The third-order valence-electron chi connectivity index (χ3n) is 3.47. The second-order valence-corrected chi connectivity index (χ2v) is 5.89. The van der Waals surface area contributed by atoms with Gasteiger partial charge in [0.05, 0.1) is 12.3 Å². The van der Waals surface area contributed by atoms with Gasteiger partial charge in [-0.15, -0.1) is 0 Å². The van der Waals surface area contributed by atoms with Crippen molar-refractivity contribution in [3.63, 3.8) is 0 Å². The smallest absolute Gasteiger partial charge is 0.256 e. The van der Waals surface area contributed by atoms with Crippen LogP contribution in [0.1, 0.15) is 55.7 Å². The van der Waals surface area contributed by atoms with E-state index < -0.39 is 0 Å². The Morgan fingerprint density at radius 2 is 2.00 bits per heavy atom.